The van der Waals surface area contributed by atoms with Crippen molar-refractivity contribution in [1.82, 2.24) is 14.5 Å². The number of aromatic carboxylic acids is 1. The third-order valence-electron chi connectivity index (χ3n) is 5.01. The molecule has 0 amide bonds. The van der Waals surface area contributed by atoms with E-state index in [-0.39, 0.29) is 23.7 Å². The number of hydrogen-bond donors (Lipinski definition) is 2. The fraction of sp³-hybridized carbons (Fsp3) is 0.130. The lowest BCUT2D eigenvalue weighted by Gasteiger charge is -2.16. The van der Waals surface area contributed by atoms with E-state index in [1.54, 1.807) is 42.6 Å². The van der Waals surface area contributed by atoms with Crippen LogP contribution < -0.4 is 10.9 Å². The average molecular weight is 418 g/mol. The molecule has 0 spiro atoms. The quantitative estimate of drug-likeness (QED) is 0.494. The van der Waals surface area contributed by atoms with Gasteiger partial charge in [-0.3, -0.25) is 9.36 Å². The minimum Gasteiger partial charge on any atom is -0.478 e. The Balaban J connectivity index is 1.66. The lowest BCUT2D eigenvalue weighted by atomic mass is 10.1. The van der Waals surface area contributed by atoms with Crippen LogP contribution in [0.1, 0.15) is 34.5 Å². The van der Waals surface area contributed by atoms with Gasteiger partial charge in [0.25, 0.3) is 5.56 Å². The van der Waals surface area contributed by atoms with Crippen LogP contribution in [0, 0.1) is 5.82 Å². The number of hydrogen-bond acceptors (Lipinski definition) is 5. The molecule has 2 N–H and O–H groups in total. The Morgan fingerprint density at radius 1 is 1.13 bits per heavy atom. The van der Waals surface area contributed by atoms with Gasteiger partial charge in [0.2, 0.25) is 5.95 Å². The second-order valence-electron chi connectivity index (χ2n) is 7.11. The summed E-state index contributed by atoms with van der Waals surface area (Å²) < 4.78 is 15.5. The lowest BCUT2D eigenvalue weighted by molar-refractivity contribution is 0.0697. The summed E-state index contributed by atoms with van der Waals surface area (Å²) in [7, 11) is 0. The second-order valence-corrected chi connectivity index (χ2v) is 7.11. The van der Waals surface area contributed by atoms with Crippen molar-refractivity contribution in [3.8, 4) is 0 Å². The van der Waals surface area contributed by atoms with Crippen molar-refractivity contribution < 1.29 is 14.3 Å². The van der Waals surface area contributed by atoms with Gasteiger partial charge >= 0.3 is 5.97 Å². The predicted octanol–water partition coefficient (Wildman–Crippen LogP) is 3.85. The smallest absolute Gasteiger partial charge is 0.335 e. The number of nitrogens with zero attached hydrogens (tertiary/aromatic N) is 3. The first kappa shape index (κ1) is 20.2. The molecule has 0 aliphatic carbocycles. The second kappa shape index (κ2) is 8.35. The van der Waals surface area contributed by atoms with Crippen molar-refractivity contribution in [1.29, 1.82) is 0 Å². The van der Waals surface area contributed by atoms with Crippen LogP contribution in [0.4, 0.5) is 10.3 Å². The fourth-order valence-corrected chi connectivity index (χ4v) is 3.28. The molecular formula is C23H19FN4O3. The first-order chi connectivity index (χ1) is 14.9. The zero-order chi connectivity index (χ0) is 22.0. The Hall–Kier alpha value is -4.07. The largest absolute Gasteiger partial charge is 0.478 e. The molecule has 0 aliphatic rings. The highest BCUT2D eigenvalue weighted by atomic mass is 19.1. The van der Waals surface area contributed by atoms with Crippen LogP contribution in [0.25, 0.3) is 11.0 Å². The van der Waals surface area contributed by atoms with E-state index >= 15 is 0 Å². The summed E-state index contributed by atoms with van der Waals surface area (Å²) in [6, 6.07) is 15.6. The van der Waals surface area contributed by atoms with E-state index in [4.69, 9.17) is 5.11 Å². The number of carboxylic acids is 1. The molecule has 31 heavy (non-hydrogen) atoms. The number of rotatable bonds is 6. The normalized spacial score (nSPS) is 11.9. The van der Waals surface area contributed by atoms with Crippen LogP contribution in [0.2, 0.25) is 0 Å². The maximum atomic E-state index is 14.1. The zero-order valence-corrected chi connectivity index (χ0v) is 16.6. The molecule has 0 aliphatic heterocycles. The highest BCUT2D eigenvalue weighted by Crippen LogP contribution is 2.19. The van der Waals surface area contributed by atoms with E-state index in [0.29, 0.717) is 22.5 Å². The fourth-order valence-electron chi connectivity index (χ4n) is 3.28. The van der Waals surface area contributed by atoms with Gasteiger partial charge in [0, 0.05) is 23.2 Å². The van der Waals surface area contributed by atoms with E-state index in [1.807, 2.05) is 6.92 Å². The number of halogens is 1. The minimum absolute atomic E-state index is 0.0471. The van der Waals surface area contributed by atoms with E-state index in [9.17, 15) is 14.0 Å². The number of pyridine rings is 1. The molecule has 0 fully saturated rings. The van der Waals surface area contributed by atoms with Crippen molar-refractivity contribution in [2.45, 2.75) is 19.5 Å². The van der Waals surface area contributed by atoms with Gasteiger partial charge in [0.05, 0.1) is 18.2 Å². The van der Waals surface area contributed by atoms with Gasteiger partial charge in [-0.15, -0.1) is 0 Å². The Morgan fingerprint density at radius 2 is 1.87 bits per heavy atom. The number of carbonyl (C=O) groups is 1. The molecule has 4 rings (SSSR count). The van der Waals surface area contributed by atoms with E-state index in [2.05, 4.69) is 15.3 Å². The summed E-state index contributed by atoms with van der Waals surface area (Å²) in [4.78, 5) is 32.3. The van der Waals surface area contributed by atoms with Crippen molar-refractivity contribution in [3.63, 3.8) is 0 Å². The van der Waals surface area contributed by atoms with Gasteiger partial charge in [0.15, 0.2) is 0 Å². The molecule has 8 heteroatoms. The molecule has 1 atom stereocenters. The van der Waals surface area contributed by atoms with E-state index in [1.165, 1.54) is 28.8 Å². The monoisotopic (exact) mass is 418 g/mol. The first-order valence-electron chi connectivity index (χ1n) is 9.62. The average Bonchev–Trinajstić information content (AvgIpc) is 2.77. The van der Waals surface area contributed by atoms with Crippen LogP contribution >= 0.6 is 0 Å². The highest BCUT2D eigenvalue weighted by Gasteiger charge is 2.12. The van der Waals surface area contributed by atoms with E-state index in [0.717, 1.165) is 5.56 Å². The molecule has 0 saturated heterocycles. The standard InChI is InChI=1S/C23H19FN4O3/c1-14(15-6-8-16(9-7-15)22(30)31)26-23-25-12-17-10-11-20(29)28(21(17)27-23)13-18-4-2-3-5-19(18)24/h2-12,14H,13H2,1H3,(H,30,31)(H,25,26,27). The van der Waals surface area contributed by atoms with Gasteiger partial charge in [0.1, 0.15) is 11.5 Å². The van der Waals surface area contributed by atoms with Crippen LogP contribution in [0.3, 0.4) is 0 Å². The molecule has 0 radical (unpaired) electrons. The summed E-state index contributed by atoms with van der Waals surface area (Å²) in [5.41, 5.74) is 1.54. The molecule has 156 valence electrons. The Bertz CT molecular complexity index is 1320. The van der Waals surface area contributed by atoms with Crippen LogP contribution in [0.15, 0.2) is 71.7 Å². The van der Waals surface area contributed by atoms with Gasteiger partial charge in [-0.2, -0.15) is 4.98 Å². The van der Waals surface area contributed by atoms with Crippen LogP contribution in [0.5, 0.6) is 0 Å². The predicted molar refractivity (Wildman–Crippen MR) is 115 cm³/mol. The highest BCUT2D eigenvalue weighted by molar-refractivity contribution is 5.87. The minimum atomic E-state index is -0.988. The Labute approximate surface area is 176 Å². The molecule has 2 heterocycles. The SMILES string of the molecule is CC(Nc1ncc2ccc(=O)n(Cc3ccccc3F)c2n1)c1ccc(C(=O)O)cc1. The molecule has 1 unspecified atom stereocenters. The zero-order valence-electron chi connectivity index (χ0n) is 16.6. The molecule has 2 aromatic heterocycles. The number of nitrogens with one attached hydrogen (secondary N) is 1. The van der Waals surface area contributed by atoms with Gasteiger partial charge in [-0.25, -0.2) is 14.2 Å². The molecule has 7 nitrogen and oxygen atoms in total. The number of carboxylic acid groups (broad SMARTS) is 1. The maximum absolute atomic E-state index is 14.1. The molecule has 0 bridgehead atoms. The molecular weight excluding hydrogens is 399 g/mol. The third kappa shape index (κ3) is 4.28. The maximum Gasteiger partial charge on any atom is 0.335 e. The molecule has 0 saturated carbocycles. The number of anilines is 1. The topological polar surface area (TPSA) is 97.1 Å². The van der Waals surface area contributed by atoms with Crippen molar-refractivity contribution >= 4 is 23.0 Å². The van der Waals surface area contributed by atoms with Crippen molar-refractivity contribution in [2.24, 2.45) is 0 Å². The number of fused-ring (bicyclic) bond motifs is 1. The van der Waals surface area contributed by atoms with Gasteiger partial charge in [-0.1, -0.05) is 30.3 Å². The van der Waals surface area contributed by atoms with Crippen molar-refractivity contribution in [3.05, 3.63) is 99.7 Å². The van der Waals surface area contributed by atoms with Gasteiger partial charge in [-0.05, 0) is 36.8 Å². The first-order valence-corrected chi connectivity index (χ1v) is 9.62. The van der Waals surface area contributed by atoms with Gasteiger partial charge < -0.3 is 10.4 Å². The Kier molecular flexibility index (Phi) is 5.44. The van der Waals surface area contributed by atoms with Crippen molar-refractivity contribution in [2.75, 3.05) is 5.32 Å². The summed E-state index contributed by atoms with van der Waals surface area (Å²) in [5.74, 6) is -1.08. The van der Waals surface area contributed by atoms with Crippen LogP contribution in [-0.2, 0) is 6.54 Å². The summed E-state index contributed by atoms with van der Waals surface area (Å²) in [6.45, 7) is 1.94. The molecule has 2 aromatic carbocycles. The Morgan fingerprint density at radius 3 is 2.58 bits per heavy atom. The van der Waals surface area contributed by atoms with Crippen LogP contribution in [-0.4, -0.2) is 25.6 Å². The number of benzene rings is 2. The summed E-state index contributed by atoms with van der Waals surface area (Å²) in [5, 5.41) is 12.8. The lowest BCUT2D eigenvalue weighted by Crippen LogP contribution is -2.22. The molecule has 4 aromatic rings. The summed E-state index contributed by atoms with van der Waals surface area (Å²) >= 11 is 0. The van der Waals surface area contributed by atoms with E-state index < -0.39 is 11.8 Å². The number of aromatic nitrogens is 3. The third-order valence-corrected chi connectivity index (χ3v) is 5.01. The summed E-state index contributed by atoms with van der Waals surface area (Å²) in [6.07, 6.45) is 1.60.